The second-order valence-electron chi connectivity index (χ2n) is 5.68. The van der Waals surface area contributed by atoms with Crippen molar-refractivity contribution in [3.8, 4) is 0 Å². The van der Waals surface area contributed by atoms with Gasteiger partial charge in [0.1, 0.15) is 17.6 Å². The number of rotatable bonds is 4. The normalized spacial score (nSPS) is 16.7. The highest BCUT2D eigenvalue weighted by Gasteiger charge is 2.34. The number of carbonyl (C=O) groups excluding carboxylic acids is 2. The van der Waals surface area contributed by atoms with E-state index >= 15 is 0 Å². The third-order valence-corrected chi connectivity index (χ3v) is 3.90. The summed E-state index contributed by atoms with van der Waals surface area (Å²) in [6.45, 7) is 3.38. The van der Waals surface area contributed by atoms with Gasteiger partial charge in [-0.05, 0) is 37.6 Å². The van der Waals surface area contributed by atoms with Crippen LogP contribution in [0.15, 0.2) is 53.8 Å². The maximum atomic E-state index is 12.5. The van der Waals surface area contributed by atoms with Crippen molar-refractivity contribution in [3.05, 3.63) is 54.2 Å². The number of ketones is 1. The number of anilines is 2. The number of nitrogens with one attached hydrogen (secondary N) is 1. The molecule has 1 aliphatic rings. The Balaban J connectivity index is 1.84. The van der Waals surface area contributed by atoms with E-state index in [0.717, 1.165) is 11.3 Å². The molecule has 1 N–H and O–H groups in total. The van der Waals surface area contributed by atoms with E-state index in [1.807, 2.05) is 43.3 Å². The van der Waals surface area contributed by atoms with Gasteiger partial charge in [-0.2, -0.15) is 5.10 Å². The van der Waals surface area contributed by atoms with Crippen LogP contribution in [0.2, 0.25) is 0 Å². The minimum absolute atomic E-state index is 0.0283. The van der Waals surface area contributed by atoms with Crippen LogP contribution in [0.5, 0.6) is 0 Å². The quantitative estimate of drug-likeness (QED) is 0.939. The van der Waals surface area contributed by atoms with Gasteiger partial charge in [-0.15, -0.1) is 0 Å². The van der Waals surface area contributed by atoms with Crippen molar-refractivity contribution in [1.82, 2.24) is 4.98 Å². The Kier molecular flexibility index (Phi) is 4.37. The van der Waals surface area contributed by atoms with Crippen molar-refractivity contribution in [2.24, 2.45) is 5.10 Å². The van der Waals surface area contributed by atoms with Crippen molar-refractivity contribution >= 4 is 28.9 Å². The molecule has 0 bridgehead atoms. The highest BCUT2D eigenvalue weighted by molar-refractivity contribution is 6.44. The van der Waals surface area contributed by atoms with Crippen molar-refractivity contribution < 1.29 is 9.59 Å². The van der Waals surface area contributed by atoms with Crippen LogP contribution in [0.4, 0.5) is 11.5 Å². The molecule has 1 aromatic heterocycles. The number of para-hydroxylation sites is 1. The summed E-state index contributed by atoms with van der Waals surface area (Å²) < 4.78 is 0. The lowest BCUT2D eigenvalue weighted by molar-refractivity contribution is -0.118. The molecule has 0 saturated heterocycles. The van der Waals surface area contributed by atoms with Crippen LogP contribution in [0.1, 0.15) is 18.9 Å². The van der Waals surface area contributed by atoms with Crippen LogP contribution in [0.25, 0.3) is 0 Å². The Morgan fingerprint density at radius 1 is 1.17 bits per heavy atom. The molecule has 1 aliphatic heterocycles. The van der Waals surface area contributed by atoms with Crippen molar-refractivity contribution in [2.45, 2.75) is 26.3 Å². The predicted octanol–water partition coefficient (Wildman–Crippen LogP) is 2.55. The van der Waals surface area contributed by atoms with E-state index in [9.17, 15) is 9.59 Å². The SMILES string of the molecule is CC(=O)C1CC(C(=O)Nc2ncccc2C)=NN1c1ccccc1. The monoisotopic (exact) mass is 322 g/mol. The van der Waals surface area contributed by atoms with Crippen LogP contribution >= 0.6 is 0 Å². The van der Waals surface area contributed by atoms with E-state index in [4.69, 9.17) is 0 Å². The number of hydrogen-bond donors (Lipinski definition) is 1. The summed E-state index contributed by atoms with van der Waals surface area (Å²) in [6.07, 6.45) is 1.90. The first-order valence-electron chi connectivity index (χ1n) is 7.71. The lowest BCUT2D eigenvalue weighted by Crippen LogP contribution is -2.33. The van der Waals surface area contributed by atoms with E-state index in [-0.39, 0.29) is 18.1 Å². The fourth-order valence-electron chi connectivity index (χ4n) is 2.58. The number of hydrazone groups is 1. The molecule has 122 valence electrons. The van der Waals surface area contributed by atoms with Gasteiger partial charge < -0.3 is 5.32 Å². The molecule has 6 heteroatoms. The molecule has 1 unspecified atom stereocenters. The fraction of sp³-hybridized carbons (Fsp3) is 0.222. The summed E-state index contributed by atoms with van der Waals surface area (Å²) in [5.41, 5.74) is 1.98. The van der Waals surface area contributed by atoms with Gasteiger partial charge in [0.25, 0.3) is 5.91 Å². The van der Waals surface area contributed by atoms with Gasteiger partial charge >= 0.3 is 0 Å². The third-order valence-electron chi connectivity index (χ3n) is 3.90. The minimum atomic E-state index is -0.460. The Hall–Kier alpha value is -3.02. The van der Waals surface area contributed by atoms with E-state index < -0.39 is 6.04 Å². The molecule has 0 saturated carbocycles. The molecule has 0 fully saturated rings. The van der Waals surface area contributed by atoms with Crippen molar-refractivity contribution in [3.63, 3.8) is 0 Å². The molecule has 1 aromatic carbocycles. The van der Waals surface area contributed by atoms with Crippen molar-refractivity contribution in [2.75, 3.05) is 10.3 Å². The van der Waals surface area contributed by atoms with Crippen molar-refractivity contribution in [1.29, 1.82) is 0 Å². The number of Topliss-reactive ketones (excluding diaryl/α,β-unsaturated/α-hetero) is 1. The molecule has 0 spiro atoms. The Bertz CT molecular complexity index is 802. The minimum Gasteiger partial charge on any atom is -0.305 e. The van der Waals surface area contributed by atoms with Gasteiger partial charge in [0, 0.05) is 12.6 Å². The number of aryl methyl sites for hydroxylation is 1. The summed E-state index contributed by atoms with van der Waals surface area (Å²) in [6, 6.07) is 12.6. The summed E-state index contributed by atoms with van der Waals surface area (Å²) in [4.78, 5) is 28.6. The van der Waals surface area contributed by atoms with Gasteiger partial charge in [0.15, 0.2) is 5.78 Å². The van der Waals surface area contributed by atoms with Gasteiger partial charge in [-0.3, -0.25) is 14.6 Å². The summed E-state index contributed by atoms with van der Waals surface area (Å²) in [5, 5.41) is 8.75. The Morgan fingerprint density at radius 2 is 1.92 bits per heavy atom. The molecule has 2 aromatic rings. The largest absolute Gasteiger partial charge is 0.305 e. The fourth-order valence-corrected chi connectivity index (χ4v) is 2.58. The van der Waals surface area contributed by atoms with Crippen LogP contribution in [0.3, 0.4) is 0 Å². The zero-order chi connectivity index (χ0) is 17.1. The summed E-state index contributed by atoms with van der Waals surface area (Å²) in [7, 11) is 0. The number of pyridine rings is 1. The Labute approximate surface area is 140 Å². The molecule has 6 nitrogen and oxygen atoms in total. The van der Waals surface area contributed by atoms with Gasteiger partial charge in [-0.25, -0.2) is 4.98 Å². The standard InChI is InChI=1S/C18H18N4O2/c1-12-7-6-10-19-17(12)20-18(24)15-11-16(13(2)23)22(21-15)14-8-4-3-5-9-14/h3-10,16H,11H2,1-2H3,(H,19,20,24). The number of nitrogens with zero attached hydrogens (tertiary/aromatic N) is 3. The Morgan fingerprint density at radius 3 is 2.58 bits per heavy atom. The molecule has 1 amide bonds. The first-order chi connectivity index (χ1) is 11.6. The predicted molar refractivity (Wildman–Crippen MR) is 93.0 cm³/mol. The number of aromatic nitrogens is 1. The van der Waals surface area contributed by atoms with Crippen LogP contribution in [-0.4, -0.2) is 28.4 Å². The molecular weight excluding hydrogens is 304 g/mol. The number of amides is 1. The van der Waals surface area contributed by atoms with Crippen LogP contribution in [0, 0.1) is 6.92 Å². The molecule has 24 heavy (non-hydrogen) atoms. The highest BCUT2D eigenvalue weighted by Crippen LogP contribution is 2.25. The average molecular weight is 322 g/mol. The van der Waals surface area contributed by atoms with Gasteiger partial charge in [0.05, 0.1) is 5.69 Å². The average Bonchev–Trinajstić information content (AvgIpc) is 3.03. The van der Waals surface area contributed by atoms with E-state index in [1.54, 1.807) is 17.3 Å². The molecule has 2 heterocycles. The van der Waals surface area contributed by atoms with Gasteiger partial charge in [-0.1, -0.05) is 24.3 Å². The summed E-state index contributed by atoms with van der Waals surface area (Å²) >= 11 is 0. The highest BCUT2D eigenvalue weighted by atomic mass is 16.2. The van der Waals surface area contributed by atoms with E-state index in [0.29, 0.717) is 11.5 Å². The maximum absolute atomic E-state index is 12.5. The second-order valence-corrected chi connectivity index (χ2v) is 5.68. The number of hydrogen-bond acceptors (Lipinski definition) is 5. The second kappa shape index (κ2) is 6.62. The lowest BCUT2D eigenvalue weighted by atomic mass is 10.1. The van der Waals surface area contributed by atoms with Gasteiger partial charge in [0.2, 0.25) is 0 Å². The van der Waals surface area contributed by atoms with Crippen LogP contribution in [-0.2, 0) is 9.59 Å². The topological polar surface area (TPSA) is 74.7 Å². The molecule has 0 aliphatic carbocycles. The molecular formula is C18H18N4O2. The molecule has 3 rings (SSSR count). The van der Waals surface area contributed by atoms with E-state index in [1.165, 1.54) is 6.92 Å². The number of carbonyl (C=O) groups is 2. The van der Waals surface area contributed by atoms with Crippen LogP contribution < -0.4 is 10.3 Å². The number of benzene rings is 1. The molecule has 0 radical (unpaired) electrons. The molecule has 1 atom stereocenters. The van der Waals surface area contributed by atoms with E-state index in [2.05, 4.69) is 15.4 Å². The lowest BCUT2D eigenvalue weighted by Gasteiger charge is -2.20. The smallest absolute Gasteiger partial charge is 0.273 e. The first kappa shape index (κ1) is 15.9. The zero-order valence-corrected chi connectivity index (χ0v) is 13.6. The third kappa shape index (κ3) is 3.17. The summed E-state index contributed by atoms with van der Waals surface area (Å²) in [5.74, 6) is 0.142. The maximum Gasteiger partial charge on any atom is 0.273 e. The zero-order valence-electron chi connectivity index (χ0n) is 13.6. The first-order valence-corrected chi connectivity index (χ1v) is 7.71.